The molecular formula is C14H22BrNO2. The predicted molar refractivity (Wildman–Crippen MR) is 75.2 cm³/mol. The molecule has 0 spiro atoms. The van der Waals surface area contributed by atoms with Crippen LogP contribution in [0.3, 0.4) is 0 Å². The van der Waals surface area contributed by atoms with Crippen LogP contribution in [0.4, 0.5) is 0 Å². The van der Waals surface area contributed by atoms with Crippen LogP contribution in [0.25, 0.3) is 0 Å². The smallest absolute Gasteiger partial charge is 0.147 e. The fourth-order valence-electron chi connectivity index (χ4n) is 2.98. The first-order valence-electron chi connectivity index (χ1n) is 6.81. The Hall–Kier alpha value is -0.320. The van der Waals surface area contributed by atoms with Crippen molar-refractivity contribution in [1.82, 2.24) is 0 Å². The van der Waals surface area contributed by atoms with Gasteiger partial charge in [0, 0.05) is 12.0 Å². The SMILES string of the molecule is NCC1(C(O)c2occc2Br)CCCCCCC1. The monoisotopic (exact) mass is 315 g/mol. The molecule has 0 aliphatic heterocycles. The van der Waals surface area contributed by atoms with E-state index in [0.29, 0.717) is 12.3 Å². The van der Waals surface area contributed by atoms with Crippen LogP contribution < -0.4 is 5.73 Å². The zero-order valence-electron chi connectivity index (χ0n) is 10.7. The van der Waals surface area contributed by atoms with E-state index in [-0.39, 0.29) is 5.41 Å². The van der Waals surface area contributed by atoms with Gasteiger partial charge in [0.25, 0.3) is 0 Å². The molecule has 3 nitrogen and oxygen atoms in total. The predicted octanol–water partition coefficient (Wildman–Crippen LogP) is 3.76. The van der Waals surface area contributed by atoms with Crippen LogP contribution in [0.15, 0.2) is 21.2 Å². The van der Waals surface area contributed by atoms with Gasteiger partial charge in [-0.1, -0.05) is 32.1 Å². The van der Waals surface area contributed by atoms with Gasteiger partial charge in [-0.25, -0.2) is 0 Å². The van der Waals surface area contributed by atoms with Crippen LogP contribution in [-0.4, -0.2) is 11.7 Å². The van der Waals surface area contributed by atoms with E-state index >= 15 is 0 Å². The van der Waals surface area contributed by atoms with Gasteiger partial charge in [-0.05, 0) is 34.8 Å². The molecule has 1 fully saturated rings. The number of nitrogens with two attached hydrogens (primary N) is 1. The lowest BCUT2D eigenvalue weighted by Crippen LogP contribution is -2.37. The topological polar surface area (TPSA) is 59.4 Å². The van der Waals surface area contributed by atoms with Gasteiger partial charge >= 0.3 is 0 Å². The molecule has 0 saturated heterocycles. The second kappa shape index (κ2) is 6.22. The molecule has 102 valence electrons. The number of aliphatic hydroxyl groups excluding tert-OH is 1. The molecule has 1 aliphatic rings. The summed E-state index contributed by atoms with van der Waals surface area (Å²) < 4.78 is 6.26. The molecule has 0 radical (unpaired) electrons. The fraction of sp³-hybridized carbons (Fsp3) is 0.714. The van der Waals surface area contributed by atoms with Crippen molar-refractivity contribution in [3.63, 3.8) is 0 Å². The van der Waals surface area contributed by atoms with Crippen molar-refractivity contribution in [2.45, 2.75) is 51.0 Å². The van der Waals surface area contributed by atoms with Gasteiger partial charge in [0.1, 0.15) is 11.9 Å². The highest BCUT2D eigenvalue weighted by Crippen LogP contribution is 2.45. The summed E-state index contributed by atoms with van der Waals surface area (Å²) in [7, 11) is 0. The van der Waals surface area contributed by atoms with E-state index in [0.717, 1.165) is 30.2 Å². The van der Waals surface area contributed by atoms with Crippen molar-refractivity contribution in [2.24, 2.45) is 11.1 Å². The Morgan fingerprint density at radius 3 is 2.39 bits per heavy atom. The Kier molecular flexibility index (Phi) is 4.87. The molecule has 4 heteroatoms. The lowest BCUT2D eigenvalue weighted by molar-refractivity contribution is -0.00658. The van der Waals surface area contributed by atoms with Crippen LogP contribution in [0.2, 0.25) is 0 Å². The minimum absolute atomic E-state index is 0.221. The van der Waals surface area contributed by atoms with Gasteiger partial charge in [-0.2, -0.15) is 0 Å². The number of halogens is 1. The van der Waals surface area contributed by atoms with Crippen LogP contribution >= 0.6 is 15.9 Å². The number of hydrogen-bond donors (Lipinski definition) is 2. The first-order chi connectivity index (χ1) is 8.69. The highest BCUT2D eigenvalue weighted by Gasteiger charge is 2.39. The van der Waals surface area contributed by atoms with E-state index in [1.807, 2.05) is 6.07 Å². The van der Waals surface area contributed by atoms with Crippen LogP contribution in [-0.2, 0) is 0 Å². The standard InChI is InChI=1S/C14H22BrNO2/c15-11-6-9-18-12(11)13(17)14(10-16)7-4-2-1-3-5-8-14/h6,9,13,17H,1-5,7-8,10,16H2. The van der Waals surface area contributed by atoms with Crippen molar-refractivity contribution >= 4 is 15.9 Å². The Balaban J connectivity index is 2.21. The molecule has 1 aromatic rings. The van der Waals surface area contributed by atoms with Crippen molar-refractivity contribution < 1.29 is 9.52 Å². The largest absolute Gasteiger partial charge is 0.465 e. The summed E-state index contributed by atoms with van der Waals surface area (Å²) in [6.07, 6.45) is 9.05. The molecule has 1 heterocycles. The number of hydrogen-bond acceptors (Lipinski definition) is 3. The Morgan fingerprint density at radius 2 is 1.89 bits per heavy atom. The summed E-state index contributed by atoms with van der Waals surface area (Å²) in [6, 6.07) is 1.83. The van der Waals surface area contributed by atoms with Crippen LogP contribution in [0.1, 0.15) is 56.8 Å². The van der Waals surface area contributed by atoms with Crippen LogP contribution in [0.5, 0.6) is 0 Å². The first kappa shape index (κ1) is 14.1. The molecule has 0 amide bonds. The van der Waals surface area contributed by atoms with Crippen molar-refractivity contribution in [1.29, 1.82) is 0 Å². The normalized spacial score (nSPS) is 22.2. The lowest BCUT2D eigenvalue weighted by atomic mass is 9.71. The van der Waals surface area contributed by atoms with E-state index in [9.17, 15) is 5.11 Å². The first-order valence-corrected chi connectivity index (χ1v) is 7.60. The lowest BCUT2D eigenvalue weighted by Gasteiger charge is -2.37. The van der Waals surface area contributed by atoms with E-state index in [4.69, 9.17) is 10.2 Å². The number of furan rings is 1. The zero-order chi connectivity index (χ0) is 13.0. The maximum absolute atomic E-state index is 10.7. The second-order valence-corrected chi connectivity index (χ2v) is 6.22. The summed E-state index contributed by atoms with van der Waals surface area (Å²) in [5.74, 6) is 0.626. The fourth-order valence-corrected chi connectivity index (χ4v) is 3.40. The van der Waals surface area contributed by atoms with Crippen molar-refractivity contribution in [3.05, 3.63) is 22.6 Å². The molecule has 0 bridgehead atoms. The van der Waals surface area contributed by atoms with E-state index in [1.165, 1.54) is 19.3 Å². The van der Waals surface area contributed by atoms with Crippen LogP contribution in [0, 0.1) is 5.41 Å². The third-order valence-electron chi connectivity index (χ3n) is 4.23. The van der Waals surface area contributed by atoms with Gasteiger partial charge in [0.15, 0.2) is 0 Å². The summed E-state index contributed by atoms with van der Waals surface area (Å²) in [4.78, 5) is 0. The average molecular weight is 316 g/mol. The van der Waals surface area contributed by atoms with E-state index in [2.05, 4.69) is 15.9 Å². The summed E-state index contributed by atoms with van der Waals surface area (Å²) >= 11 is 3.43. The Bertz CT molecular complexity index is 370. The minimum atomic E-state index is -0.607. The number of rotatable bonds is 3. The molecule has 1 aromatic heterocycles. The summed E-state index contributed by atoms with van der Waals surface area (Å²) in [5.41, 5.74) is 5.78. The maximum Gasteiger partial charge on any atom is 0.147 e. The third kappa shape index (κ3) is 2.81. The highest BCUT2D eigenvalue weighted by molar-refractivity contribution is 9.10. The van der Waals surface area contributed by atoms with Gasteiger partial charge in [0.05, 0.1) is 10.7 Å². The Labute approximate surface area is 117 Å². The molecular weight excluding hydrogens is 294 g/mol. The molecule has 1 saturated carbocycles. The van der Waals surface area contributed by atoms with Gasteiger partial charge in [0.2, 0.25) is 0 Å². The van der Waals surface area contributed by atoms with Gasteiger partial charge < -0.3 is 15.3 Å². The quantitative estimate of drug-likeness (QED) is 0.892. The average Bonchev–Trinajstić information content (AvgIpc) is 2.75. The summed E-state index contributed by atoms with van der Waals surface area (Å²) in [6.45, 7) is 0.515. The van der Waals surface area contributed by atoms with Crippen molar-refractivity contribution in [2.75, 3.05) is 6.54 Å². The zero-order valence-corrected chi connectivity index (χ0v) is 12.3. The van der Waals surface area contributed by atoms with E-state index in [1.54, 1.807) is 6.26 Å². The van der Waals surface area contributed by atoms with Crippen molar-refractivity contribution in [3.8, 4) is 0 Å². The molecule has 0 aromatic carbocycles. The second-order valence-electron chi connectivity index (χ2n) is 5.37. The Morgan fingerprint density at radius 1 is 1.28 bits per heavy atom. The summed E-state index contributed by atoms with van der Waals surface area (Å²) in [5, 5.41) is 10.7. The maximum atomic E-state index is 10.7. The highest BCUT2D eigenvalue weighted by atomic mass is 79.9. The molecule has 18 heavy (non-hydrogen) atoms. The van der Waals surface area contributed by atoms with E-state index < -0.39 is 6.10 Å². The molecule has 2 rings (SSSR count). The number of aliphatic hydroxyl groups is 1. The molecule has 1 aliphatic carbocycles. The third-order valence-corrected chi connectivity index (χ3v) is 4.88. The van der Waals surface area contributed by atoms with Gasteiger partial charge in [-0.3, -0.25) is 0 Å². The molecule has 1 atom stereocenters. The van der Waals surface area contributed by atoms with Gasteiger partial charge in [-0.15, -0.1) is 0 Å². The molecule has 1 unspecified atom stereocenters. The minimum Gasteiger partial charge on any atom is -0.465 e. The molecule has 3 N–H and O–H groups in total.